The summed E-state index contributed by atoms with van der Waals surface area (Å²) < 4.78 is 9.44. The predicted molar refractivity (Wildman–Crippen MR) is 63.1 cm³/mol. The van der Waals surface area contributed by atoms with Crippen LogP contribution in [0.4, 0.5) is 5.00 Å². The molecule has 1 aromatic heterocycles. The van der Waals surface area contributed by atoms with Crippen LogP contribution >= 0.6 is 11.3 Å². The van der Waals surface area contributed by atoms with E-state index in [0.717, 1.165) is 11.3 Å². The van der Waals surface area contributed by atoms with E-state index in [1.54, 1.807) is 0 Å². The third-order valence-corrected chi connectivity index (χ3v) is 4.03. The van der Waals surface area contributed by atoms with Crippen molar-refractivity contribution in [1.29, 1.82) is 0 Å². The van der Waals surface area contributed by atoms with Crippen LogP contribution in [0, 0.1) is 0 Å². The van der Waals surface area contributed by atoms with Gasteiger partial charge in [0.05, 0.1) is 25.7 Å². The van der Waals surface area contributed by atoms with Gasteiger partial charge in [-0.05, 0) is 18.4 Å². The van der Waals surface area contributed by atoms with Crippen molar-refractivity contribution >= 4 is 28.3 Å². The van der Waals surface area contributed by atoms with Gasteiger partial charge in [-0.3, -0.25) is 4.79 Å². The summed E-state index contributed by atoms with van der Waals surface area (Å²) in [5.74, 6) is -1.21. The Balaban J connectivity index is 2.49. The Hall–Kier alpha value is -1.56. The third-order valence-electron chi connectivity index (χ3n) is 2.93. The van der Waals surface area contributed by atoms with Gasteiger partial charge in [0.2, 0.25) is 0 Å². The van der Waals surface area contributed by atoms with Gasteiger partial charge in [0.15, 0.2) is 0 Å². The molecule has 0 aliphatic heterocycles. The van der Waals surface area contributed by atoms with Crippen molar-refractivity contribution in [1.82, 2.24) is 0 Å². The fourth-order valence-corrected chi connectivity index (χ4v) is 3.31. The van der Waals surface area contributed by atoms with Crippen LogP contribution in [0.5, 0.6) is 0 Å². The molecule has 0 aromatic carbocycles. The first kappa shape index (κ1) is 11.9. The molecule has 92 valence electrons. The zero-order valence-electron chi connectivity index (χ0n) is 9.61. The smallest absolute Gasteiger partial charge is 0.341 e. The molecule has 2 N–H and O–H groups in total. The van der Waals surface area contributed by atoms with Gasteiger partial charge < -0.3 is 15.2 Å². The molecular weight excluding hydrogens is 242 g/mol. The standard InChI is InChI=1S/C11H13NO4S/c1-15-10(13)5-3-4-6-7(5)8(9(12)17-6)11(14)16-2/h5H,3-4,12H2,1-2H3. The molecule has 1 aliphatic carbocycles. The predicted octanol–water partition coefficient (Wildman–Crippen LogP) is 1.32. The first-order valence-corrected chi connectivity index (χ1v) is 5.99. The Kier molecular flexibility index (Phi) is 3.06. The highest BCUT2D eigenvalue weighted by Gasteiger charge is 2.37. The van der Waals surface area contributed by atoms with Gasteiger partial charge in [0, 0.05) is 4.88 Å². The minimum Gasteiger partial charge on any atom is -0.469 e. The maximum absolute atomic E-state index is 11.7. The number of fused-ring (bicyclic) bond motifs is 1. The number of hydrogen-bond donors (Lipinski definition) is 1. The van der Waals surface area contributed by atoms with Crippen LogP contribution in [0.25, 0.3) is 0 Å². The molecule has 5 nitrogen and oxygen atoms in total. The van der Waals surface area contributed by atoms with Gasteiger partial charge in [-0.15, -0.1) is 11.3 Å². The Labute approximate surface area is 103 Å². The summed E-state index contributed by atoms with van der Waals surface area (Å²) in [4.78, 5) is 24.3. The lowest BCUT2D eigenvalue weighted by Crippen LogP contribution is -2.15. The van der Waals surface area contributed by atoms with Crippen molar-refractivity contribution in [3.8, 4) is 0 Å². The van der Waals surface area contributed by atoms with Crippen molar-refractivity contribution in [2.45, 2.75) is 18.8 Å². The number of esters is 2. The number of hydrogen-bond acceptors (Lipinski definition) is 6. The summed E-state index contributed by atoms with van der Waals surface area (Å²) in [5.41, 5.74) is 6.83. The van der Waals surface area contributed by atoms with E-state index in [2.05, 4.69) is 0 Å². The average Bonchev–Trinajstić information content (AvgIpc) is 2.84. The van der Waals surface area contributed by atoms with Gasteiger partial charge in [0.1, 0.15) is 5.00 Å². The molecule has 2 rings (SSSR count). The van der Waals surface area contributed by atoms with E-state index in [0.29, 0.717) is 22.5 Å². The second kappa shape index (κ2) is 4.37. The summed E-state index contributed by atoms with van der Waals surface area (Å²) in [6.07, 6.45) is 1.42. The van der Waals surface area contributed by atoms with E-state index in [1.165, 1.54) is 25.6 Å². The molecule has 0 spiro atoms. The second-order valence-corrected chi connectivity index (χ2v) is 4.92. The van der Waals surface area contributed by atoms with E-state index >= 15 is 0 Å². The monoisotopic (exact) mass is 255 g/mol. The Bertz CT molecular complexity index is 480. The minimum atomic E-state index is -0.490. The molecule has 0 amide bonds. The minimum absolute atomic E-state index is 0.327. The largest absolute Gasteiger partial charge is 0.469 e. The van der Waals surface area contributed by atoms with E-state index in [9.17, 15) is 9.59 Å². The van der Waals surface area contributed by atoms with Crippen molar-refractivity contribution in [2.75, 3.05) is 20.0 Å². The van der Waals surface area contributed by atoms with Crippen LogP contribution in [0.3, 0.4) is 0 Å². The van der Waals surface area contributed by atoms with E-state index < -0.39 is 11.9 Å². The lowest BCUT2D eigenvalue weighted by molar-refractivity contribution is -0.142. The molecule has 1 aliphatic rings. The van der Waals surface area contributed by atoms with Gasteiger partial charge in [-0.1, -0.05) is 0 Å². The van der Waals surface area contributed by atoms with Gasteiger partial charge in [-0.25, -0.2) is 4.79 Å². The maximum Gasteiger partial charge on any atom is 0.341 e. The molecule has 1 heterocycles. The second-order valence-electron chi connectivity index (χ2n) is 3.78. The fraction of sp³-hybridized carbons (Fsp3) is 0.455. The molecule has 0 saturated heterocycles. The molecule has 6 heteroatoms. The molecule has 1 atom stereocenters. The quantitative estimate of drug-likeness (QED) is 0.806. The zero-order chi connectivity index (χ0) is 12.6. The SMILES string of the molecule is COC(=O)c1c(N)sc2c1C(C(=O)OC)CC2. The summed E-state index contributed by atoms with van der Waals surface area (Å²) in [5, 5.41) is 0.412. The van der Waals surface area contributed by atoms with Gasteiger partial charge in [0.25, 0.3) is 0 Å². The van der Waals surface area contributed by atoms with Crippen molar-refractivity contribution in [3.05, 3.63) is 16.0 Å². The Morgan fingerprint density at radius 1 is 1.35 bits per heavy atom. The summed E-state index contributed by atoms with van der Waals surface area (Å²) in [6.45, 7) is 0. The summed E-state index contributed by atoms with van der Waals surface area (Å²) in [6, 6.07) is 0. The van der Waals surface area contributed by atoms with Crippen LogP contribution in [0.15, 0.2) is 0 Å². The molecule has 0 saturated carbocycles. The lowest BCUT2D eigenvalue weighted by atomic mass is 9.99. The molecule has 1 aromatic rings. The number of methoxy groups -OCH3 is 2. The number of nitrogen functional groups attached to an aromatic ring is 1. The lowest BCUT2D eigenvalue weighted by Gasteiger charge is -2.09. The average molecular weight is 255 g/mol. The van der Waals surface area contributed by atoms with Crippen LogP contribution in [0.2, 0.25) is 0 Å². The number of nitrogens with two attached hydrogens (primary N) is 1. The number of aryl methyl sites for hydroxylation is 1. The third kappa shape index (κ3) is 1.78. The molecular formula is C11H13NO4S. The van der Waals surface area contributed by atoms with Crippen LogP contribution in [-0.2, 0) is 20.7 Å². The Morgan fingerprint density at radius 2 is 2.06 bits per heavy atom. The number of carbonyl (C=O) groups is 2. The van der Waals surface area contributed by atoms with Crippen molar-refractivity contribution < 1.29 is 19.1 Å². The van der Waals surface area contributed by atoms with Gasteiger partial charge >= 0.3 is 11.9 Å². The van der Waals surface area contributed by atoms with Crippen molar-refractivity contribution in [2.24, 2.45) is 0 Å². The first-order chi connectivity index (χ1) is 8.10. The molecule has 0 fully saturated rings. The number of anilines is 1. The molecule has 0 bridgehead atoms. The van der Waals surface area contributed by atoms with E-state index in [1.807, 2.05) is 0 Å². The highest BCUT2D eigenvalue weighted by atomic mass is 32.1. The Morgan fingerprint density at radius 3 is 2.65 bits per heavy atom. The zero-order valence-corrected chi connectivity index (χ0v) is 10.4. The van der Waals surface area contributed by atoms with Crippen LogP contribution < -0.4 is 5.73 Å². The molecule has 17 heavy (non-hydrogen) atoms. The maximum atomic E-state index is 11.7. The number of ether oxygens (including phenoxy) is 2. The highest BCUT2D eigenvalue weighted by Crippen LogP contribution is 2.44. The first-order valence-electron chi connectivity index (χ1n) is 5.17. The number of thiophene rings is 1. The van der Waals surface area contributed by atoms with E-state index in [-0.39, 0.29) is 5.97 Å². The van der Waals surface area contributed by atoms with E-state index in [4.69, 9.17) is 15.2 Å². The molecule has 1 unspecified atom stereocenters. The number of rotatable bonds is 2. The normalized spacial score (nSPS) is 17.6. The topological polar surface area (TPSA) is 78.6 Å². The fourth-order valence-electron chi connectivity index (χ4n) is 2.18. The van der Waals surface area contributed by atoms with Crippen LogP contribution in [-0.4, -0.2) is 26.2 Å². The number of carbonyl (C=O) groups excluding carboxylic acids is 2. The van der Waals surface area contributed by atoms with Gasteiger partial charge in [-0.2, -0.15) is 0 Å². The summed E-state index contributed by atoms with van der Waals surface area (Å²) >= 11 is 1.35. The molecule has 0 radical (unpaired) electrons. The van der Waals surface area contributed by atoms with Crippen LogP contribution in [0.1, 0.15) is 33.1 Å². The highest BCUT2D eigenvalue weighted by molar-refractivity contribution is 7.16. The summed E-state index contributed by atoms with van der Waals surface area (Å²) in [7, 11) is 2.64. The van der Waals surface area contributed by atoms with Crippen molar-refractivity contribution in [3.63, 3.8) is 0 Å².